The monoisotopic (exact) mass is 236 g/mol. The number of hydrogen-bond donors (Lipinski definition) is 1. The van der Waals surface area contributed by atoms with Crippen molar-refractivity contribution in [3.63, 3.8) is 0 Å². The molecule has 0 radical (unpaired) electrons. The first-order valence-electron chi connectivity index (χ1n) is 5.95. The summed E-state index contributed by atoms with van der Waals surface area (Å²) in [6.07, 6.45) is 1.26. The van der Waals surface area contributed by atoms with Gasteiger partial charge in [0.15, 0.2) is 0 Å². The average molecular weight is 236 g/mol. The molecule has 94 valence electrons. The first-order valence-corrected chi connectivity index (χ1v) is 5.95. The van der Waals surface area contributed by atoms with Crippen molar-refractivity contribution in [2.24, 2.45) is 0 Å². The van der Waals surface area contributed by atoms with Gasteiger partial charge in [-0.25, -0.2) is 0 Å². The summed E-state index contributed by atoms with van der Waals surface area (Å²) < 4.78 is 10.7. The Balaban J connectivity index is 1.97. The zero-order valence-electron chi connectivity index (χ0n) is 10.5. The lowest BCUT2D eigenvalue weighted by atomic mass is 10.1. The molecule has 2 rings (SSSR count). The number of benzene rings is 1. The number of anilines is 2. The number of nitrogens with zero attached hydrogens (tertiary/aromatic N) is 1. The van der Waals surface area contributed by atoms with Crippen molar-refractivity contribution in [3.05, 3.63) is 23.8 Å². The fourth-order valence-corrected chi connectivity index (χ4v) is 2.08. The van der Waals surface area contributed by atoms with Crippen molar-refractivity contribution in [1.82, 2.24) is 0 Å². The third-order valence-electron chi connectivity index (χ3n) is 3.09. The highest BCUT2D eigenvalue weighted by molar-refractivity contribution is 5.60. The molecular formula is C13H20N2O2. The topological polar surface area (TPSA) is 47.7 Å². The zero-order valence-corrected chi connectivity index (χ0v) is 10.5. The van der Waals surface area contributed by atoms with E-state index < -0.39 is 0 Å². The highest BCUT2D eigenvalue weighted by Crippen LogP contribution is 2.30. The Morgan fingerprint density at radius 2 is 2.24 bits per heavy atom. The number of methoxy groups -OCH3 is 1. The van der Waals surface area contributed by atoms with E-state index in [9.17, 15) is 0 Å². The minimum atomic E-state index is 0.187. The summed E-state index contributed by atoms with van der Waals surface area (Å²) in [5, 5.41) is 0. The van der Waals surface area contributed by atoms with Crippen molar-refractivity contribution in [1.29, 1.82) is 0 Å². The molecule has 17 heavy (non-hydrogen) atoms. The molecule has 1 fully saturated rings. The Labute approximate surface area is 102 Å². The lowest BCUT2D eigenvalue weighted by Crippen LogP contribution is -2.50. The molecule has 1 unspecified atom stereocenters. The molecule has 2 N–H and O–H groups in total. The molecule has 1 aliphatic heterocycles. The quantitative estimate of drug-likeness (QED) is 0.625. The zero-order chi connectivity index (χ0) is 12.3. The first kappa shape index (κ1) is 12.2. The maximum atomic E-state index is 5.75. The Morgan fingerprint density at radius 3 is 2.82 bits per heavy atom. The predicted molar refractivity (Wildman–Crippen MR) is 69.2 cm³/mol. The highest BCUT2D eigenvalue weighted by Gasteiger charge is 2.29. The fraction of sp³-hybridized carbons (Fsp3) is 0.538. The van der Waals surface area contributed by atoms with Crippen molar-refractivity contribution >= 4 is 11.4 Å². The van der Waals surface area contributed by atoms with Gasteiger partial charge >= 0.3 is 0 Å². The van der Waals surface area contributed by atoms with Crippen molar-refractivity contribution in [2.75, 3.05) is 37.5 Å². The second-order valence-corrected chi connectivity index (χ2v) is 4.35. The standard InChI is InChI=1S/C13H20N2O2/c1-10-9-11(14)3-4-12(10)15-6-5-13(15)17-8-7-16-2/h3-4,9,13H,5-8,14H2,1-2H3. The molecule has 4 nitrogen and oxygen atoms in total. The second-order valence-electron chi connectivity index (χ2n) is 4.35. The van der Waals surface area contributed by atoms with E-state index in [4.69, 9.17) is 15.2 Å². The van der Waals surface area contributed by atoms with E-state index in [1.165, 1.54) is 11.3 Å². The number of nitrogens with two attached hydrogens (primary N) is 1. The van der Waals surface area contributed by atoms with Crippen LogP contribution >= 0.6 is 0 Å². The predicted octanol–water partition coefficient (Wildman–Crippen LogP) is 1.78. The summed E-state index contributed by atoms with van der Waals surface area (Å²) in [4.78, 5) is 2.27. The van der Waals surface area contributed by atoms with Crippen LogP contribution in [-0.4, -0.2) is 33.1 Å². The van der Waals surface area contributed by atoms with Crippen molar-refractivity contribution in [2.45, 2.75) is 19.6 Å². The molecule has 1 saturated heterocycles. The summed E-state index contributed by atoms with van der Waals surface area (Å²) in [6, 6.07) is 6.00. The molecule has 0 amide bonds. The van der Waals surface area contributed by atoms with E-state index in [-0.39, 0.29) is 6.23 Å². The number of rotatable bonds is 5. The van der Waals surface area contributed by atoms with Crippen LogP contribution in [0, 0.1) is 6.92 Å². The van der Waals surface area contributed by atoms with Gasteiger partial charge in [0, 0.05) is 31.5 Å². The third-order valence-corrected chi connectivity index (χ3v) is 3.09. The molecule has 4 heteroatoms. The fourth-order valence-electron chi connectivity index (χ4n) is 2.08. The van der Waals surface area contributed by atoms with E-state index >= 15 is 0 Å². The first-order chi connectivity index (χ1) is 8.22. The van der Waals surface area contributed by atoms with Gasteiger partial charge in [-0.3, -0.25) is 0 Å². The van der Waals surface area contributed by atoms with Crippen LogP contribution in [0.2, 0.25) is 0 Å². The smallest absolute Gasteiger partial charge is 0.131 e. The maximum absolute atomic E-state index is 5.75. The Kier molecular flexibility index (Phi) is 3.86. The number of ether oxygens (including phenoxy) is 2. The number of nitrogen functional groups attached to an aromatic ring is 1. The van der Waals surface area contributed by atoms with E-state index in [1.54, 1.807) is 7.11 Å². The van der Waals surface area contributed by atoms with Crippen LogP contribution in [0.4, 0.5) is 11.4 Å². The Morgan fingerprint density at radius 1 is 1.41 bits per heavy atom. The van der Waals surface area contributed by atoms with Gasteiger partial charge in [-0.1, -0.05) is 0 Å². The SMILES string of the molecule is COCCOC1CCN1c1ccc(N)cc1C. The molecule has 0 saturated carbocycles. The third kappa shape index (κ3) is 2.70. The summed E-state index contributed by atoms with van der Waals surface area (Å²) in [7, 11) is 1.69. The van der Waals surface area contributed by atoms with E-state index in [1.807, 2.05) is 12.1 Å². The van der Waals surface area contributed by atoms with Gasteiger partial charge in [0.25, 0.3) is 0 Å². The van der Waals surface area contributed by atoms with Gasteiger partial charge in [-0.15, -0.1) is 0 Å². The molecule has 1 heterocycles. The van der Waals surface area contributed by atoms with Crippen LogP contribution in [0.5, 0.6) is 0 Å². The van der Waals surface area contributed by atoms with Gasteiger partial charge in [-0.05, 0) is 30.7 Å². The van der Waals surface area contributed by atoms with Crippen LogP contribution in [0.25, 0.3) is 0 Å². The number of hydrogen-bond acceptors (Lipinski definition) is 4. The molecular weight excluding hydrogens is 216 g/mol. The van der Waals surface area contributed by atoms with Crippen LogP contribution in [0.15, 0.2) is 18.2 Å². The molecule has 0 aliphatic carbocycles. The van der Waals surface area contributed by atoms with Gasteiger partial charge in [0.05, 0.1) is 13.2 Å². The van der Waals surface area contributed by atoms with E-state index in [2.05, 4.69) is 17.9 Å². The second kappa shape index (κ2) is 5.38. The molecule has 1 aromatic rings. The van der Waals surface area contributed by atoms with E-state index in [0.29, 0.717) is 13.2 Å². The Bertz CT molecular complexity index is 382. The van der Waals surface area contributed by atoms with Gasteiger partial charge in [0.2, 0.25) is 0 Å². The largest absolute Gasteiger partial charge is 0.399 e. The minimum Gasteiger partial charge on any atom is -0.399 e. The highest BCUT2D eigenvalue weighted by atomic mass is 16.5. The lowest BCUT2D eigenvalue weighted by Gasteiger charge is -2.43. The van der Waals surface area contributed by atoms with Crippen LogP contribution in [0.3, 0.4) is 0 Å². The molecule has 1 atom stereocenters. The van der Waals surface area contributed by atoms with Gasteiger partial charge in [-0.2, -0.15) is 0 Å². The van der Waals surface area contributed by atoms with E-state index in [0.717, 1.165) is 18.7 Å². The van der Waals surface area contributed by atoms with Gasteiger partial charge in [0.1, 0.15) is 6.23 Å². The summed E-state index contributed by atoms with van der Waals surface area (Å²) in [6.45, 7) is 4.41. The molecule has 1 aliphatic rings. The lowest BCUT2D eigenvalue weighted by molar-refractivity contribution is -0.0111. The van der Waals surface area contributed by atoms with Crippen molar-refractivity contribution < 1.29 is 9.47 Å². The normalized spacial score (nSPS) is 19.2. The maximum Gasteiger partial charge on any atom is 0.131 e. The summed E-state index contributed by atoms with van der Waals surface area (Å²) in [5.74, 6) is 0. The molecule has 0 bridgehead atoms. The van der Waals surface area contributed by atoms with Crippen molar-refractivity contribution in [3.8, 4) is 0 Å². The summed E-state index contributed by atoms with van der Waals surface area (Å²) >= 11 is 0. The van der Waals surface area contributed by atoms with Crippen LogP contribution in [0.1, 0.15) is 12.0 Å². The van der Waals surface area contributed by atoms with Crippen LogP contribution in [-0.2, 0) is 9.47 Å². The minimum absolute atomic E-state index is 0.187. The molecule has 0 spiro atoms. The average Bonchev–Trinajstić information content (AvgIpc) is 2.26. The number of aryl methyl sites for hydroxylation is 1. The van der Waals surface area contributed by atoms with Gasteiger partial charge < -0.3 is 20.1 Å². The Hall–Kier alpha value is -1.26. The molecule has 0 aromatic heterocycles. The molecule has 1 aromatic carbocycles. The van der Waals surface area contributed by atoms with Crippen LogP contribution < -0.4 is 10.6 Å². The summed E-state index contributed by atoms with van der Waals surface area (Å²) in [5.41, 5.74) is 8.98.